The van der Waals surface area contributed by atoms with Crippen molar-refractivity contribution >= 4 is 23.2 Å². The van der Waals surface area contributed by atoms with Crippen molar-refractivity contribution in [3.63, 3.8) is 0 Å². The molecule has 0 heterocycles. The summed E-state index contributed by atoms with van der Waals surface area (Å²) < 4.78 is 16.9. The number of carbonyl (C=O) groups is 1. The van der Waals surface area contributed by atoms with E-state index in [1.165, 1.54) is 0 Å². The molecule has 0 aliphatic rings. The monoisotopic (exact) mass is 458 g/mol. The molecule has 0 aliphatic carbocycles. The summed E-state index contributed by atoms with van der Waals surface area (Å²) in [5, 5.41) is 6.02. The Morgan fingerprint density at radius 1 is 1.06 bits per heavy atom. The summed E-state index contributed by atoms with van der Waals surface area (Å²) >= 11 is 5.29. The summed E-state index contributed by atoms with van der Waals surface area (Å²) in [6.07, 6.45) is 3.01. The van der Waals surface area contributed by atoms with Crippen molar-refractivity contribution in [3.8, 4) is 17.2 Å². The number of carbonyl (C=O) groups excluding carboxylic acids is 1. The molecule has 0 saturated heterocycles. The van der Waals surface area contributed by atoms with Gasteiger partial charge in [0.25, 0.3) is 5.91 Å². The van der Waals surface area contributed by atoms with Gasteiger partial charge in [0, 0.05) is 12.1 Å². The molecule has 0 aromatic heterocycles. The highest BCUT2D eigenvalue weighted by Crippen LogP contribution is 2.28. The van der Waals surface area contributed by atoms with Gasteiger partial charge in [-0.3, -0.25) is 10.1 Å². The highest BCUT2D eigenvalue weighted by Gasteiger charge is 2.10. The van der Waals surface area contributed by atoms with Crippen LogP contribution in [0.5, 0.6) is 17.2 Å². The quantitative estimate of drug-likeness (QED) is 0.341. The molecule has 2 aromatic rings. The first-order valence-electron chi connectivity index (χ1n) is 11.0. The third-order valence-electron chi connectivity index (χ3n) is 4.72. The summed E-state index contributed by atoms with van der Waals surface area (Å²) in [5.74, 6) is 2.36. The van der Waals surface area contributed by atoms with Crippen molar-refractivity contribution in [2.24, 2.45) is 5.92 Å². The number of thiocarbonyl (C=S) groups is 1. The molecule has 0 unspecified atom stereocenters. The zero-order chi connectivity index (χ0) is 23.3. The van der Waals surface area contributed by atoms with E-state index in [2.05, 4.69) is 31.4 Å². The van der Waals surface area contributed by atoms with Crippen LogP contribution in [-0.2, 0) is 6.54 Å². The molecular formula is C25H34N2O4S. The largest absolute Gasteiger partial charge is 0.494 e. The van der Waals surface area contributed by atoms with Crippen LogP contribution in [0.2, 0.25) is 0 Å². The Balaban J connectivity index is 1.87. The topological polar surface area (TPSA) is 68.8 Å². The number of methoxy groups -OCH3 is 1. The molecule has 0 saturated carbocycles. The normalized spacial score (nSPS) is 10.5. The zero-order valence-electron chi connectivity index (χ0n) is 19.4. The Kier molecular flexibility index (Phi) is 10.8. The molecule has 1 amide bonds. The predicted octanol–water partition coefficient (Wildman–Crippen LogP) is 5.10. The third kappa shape index (κ3) is 8.75. The average Bonchev–Trinajstić information content (AvgIpc) is 2.78. The second kappa shape index (κ2) is 13.6. The average molecular weight is 459 g/mol. The first kappa shape index (κ1) is 25.5. The fourth-order valence-corrected chi connectivity index (χ4v) is 2.97. The van der Waals surface area contributed by atoms with Gasteiger partial charge in [0.05, 0.1) is 20.3 Å². The van der Waals surface area contributed by atoms with Gasteiger partial charge >= 0.3 is 0 Å². The molecular weight excluding hydrogens is 424 g/mol. The van der Waals surface area contributed by atoms with Crippen LogP contribution in [0, 0.1) is 5.92 Å². The molecule has 7 heteroatoms. The summed E-state index contributed by atoms with van der Waals surface area (Å²) in [6.45, 7) is 8.15. The maximum absolute atomic E-state index is 12.5. The SMILES string of the molecule is CCCCOc1cccc(C(=O)NC(=S)NCc2ccc(OCCC(C)C)c(OC)c2)c1. The summed E-state index contributed by atoms with van der Waals surface area (Å²) in [6, 6.07) is 12.8. The molecule has 0 fully saturated rings. The Labute approximate surface area is 196 Å². The Hall–Kier alpha value is -2.80. The zero-order valence-corrected chi connectivity index (χ0v) is 20.2. The van der Waals surface area contributed by atoms with Crippen molar-refractivity contribution in [2.45, 2.75) is 46.6 Å². The second-order valence-corrected chi connectivity index (χ2v) is 8.29. The van der Waals surface area contributed by atoms with E-state index >= 15 is 0 Å². The second-order valence-electron chi connectivity index (χ2n) is 7.88. The fraction of sp³-hybridized carbons (Fsp3) is 0.440. The van der Waals surface area contributed by atoms with Crippen molar-refractivity contribution in [1.82, 2.24) is 10.6 Å². The number of hydrogen-bond donors (Lipinski definition) is 2. The highest BCUT2D eigenvalue weighted by molar-refractivity contribution is 7.80. The van der Waals surface area contributed by atoms with Gasteiger partial charge in [0.2, 0.25) is 0 Å². The van der Waals surface area contributed by atoms with Gasteiger partial charge in [0.15, 0.2) is 16.6 Å². The molecule has 2 rings (SSSR count). The summed E-state index contributed by atoms with van der Waals surface area (Å²) in [4.78, 5) is 12.5. The van der Waals surface area contributed by atoms with Crippen LogP contribution in [0.1, 0.15) is 56.0 Å². The Morgan fingerprint density at radius 3 is 2.59 bits per heavy atom. The third-order valence-corrected chi connectivity index (χ3v) is 4.97. The molecule has 0 bridgehead atoms. The van der Waals surface area contributed by atoms with Crippen LogP contribution >= 0.6 is 12.2 Å². The molecule has 0 spiro atoms. The number of nitrogens with one attached hydrogen (secondary N) is 2. The van der Waals surface area contributed by atoms with E-state index in [9.17, 15) is 4.79 Å². The minimum Gasteiger partial charge on any atom is -0.494 e. The van der Waals surface area contributed by atoms with E-state index in [1.54, 1.807) is 25.3 Å². The molecule has 2 N–H and O–H groups in total. The molecule has 2 aromatic carbocycles. The predicted molar refractivity (Wildman–Crippen MR) is 132 cm³/mol. The highest BCUT2D eigenvalue weighted by atomic mass is 32.1. The van der Waals surface area contributed by atoms with E-state index in [1.807, 2.05) is 24.3 Å². The van der Waals surface area contributed by atoms with E-state index in [0.717, 1.165) is 24.8 Å². The lowest BCUT2D eigenvalue weighted by atomic mass is 10.1. The molecule has 0 aliphatic heterocycles. The fourth-order valence-electron chi connectivity index (χ4n) is 2.81. The lowest BCUT2D eigenvalue weighted by Crippen LogP contribution is -2.38. The van der Waals surface area contributed by atoms with Gasteiger partial charge in [-0.05, 0) is 66.9 Å². The summed E-state index contributed by atoms with van der Waals surface area (Å²) in [5.41, 5.74) is 1.45. The van der Waals surface area contributed by atoms with Crippen LogP contribution in [0.15, 0.2) is 42.5 Å². The van der Waals surface area contributed by atoms with Gasteiger partial charge in [0.1, 0.15) is 5.75 Å². The van der Waals surface area contributed by atoms with Crippen LogP contribution in [0.4, 0.5) is 0 Å². The van der Waals surface area contributed by atoms with Crippen molar-refractivity contribution in [3.05, 3.63) is 53.6 Å². The Bertz CT molecular complexity index is 886. The van der Waals surface area contributed by atoms with E-state index < -0.39 is 0 Å². The van der Waals surface area contributed by atoms with Crippen LogP contribution in [-0.4, -0.2) is 31.3 Å². The maximum Gasteiger partial charge on any atom is 0.257 e. The smallest absolute Gasteiger partial charge is 0.257 e. The molecule has 0 atom stereocenters. The number of amides is 1. The van der Waals surface area contributed by atoms with Gasteiger partial charge in [-0.15, -0.1) is 0 Å². The molecule has 6 nitrogen and oxygen atoms in total. The first-order valence-corrected chi connectivity index (χ1v) is 11.5. The van der Waals surface area contributed by atoms with Crippen LogP contribution < -0.4 is 24.8 Å². The molecule has 174 valence electrons. The maximum atomic E-state index is 12.5. The number of ether oxygens (including phenoxy) is 3. The lowest BCUT2D eigenvalue weighted by Gasteiger charge is -2.14. The number of rotatable bonds is 12. The van der Waals surface area contributed by atoms with Crippen molar-refractivity contribution in [2.75, 3.05) is 20.3 Å². The number of hydrogen-bond acceptors (Lipinski definition) is 5. The van der Waals surface area contributed by atoms with Crippen LogP contribution in [0.3, 0.4) is 0 Å². The van der Waals surface area contributed by atoms with Crippen LogP contribution in [0.25, 0.3) is 0 Å². The van der Waals surface area contributed by atoms with Gasteiger partial charge in [-0.2, -0.15) is 0 Å². The van der Waals surface area contributed by atoms with Crippen molar-refractivity contribution < 1.29 is 19.0 Å². The minimum absolute atomic E-state index is 0.253. The first-order chi connectivity index (χ1) is 15.4. The van der Waals surface area contributed by atoms with Gasteiger partial charge < -0.3 is 19.5 Å². The van der Waals surface area contributed by atoms with E-state index in [4.69, 9.17) is 26.4 Å². The molecule has 0 radical (unpaired) electrons. The number of unbranched alkanes of at least 4 members (excludes halogenated alkanes) is 1. The molecule has 32 heavy (non-hydrogen) atoms. The van der Waals surface area contributed by atoms with E-state index in [0.29, 0.717) is 48.5 Å². The minimum atomic E-state index is -0.282. The van der Waals surface area contributed by atoms with Gasteiger partial charge in [-0.25, -0.2) is 0 Å². The Morgan fingerprint density at radius 2 is 1.88 bits per heavy atom. The lowest BCUT2D eigenvalue weighted by molar-refractivity contribution is 0.0976. The van der Waals surface area contributed by atoms with E-state index in [-0.39, 0.29) is 11.0 Å². The van der Waals surface area contributed by atoms with Crippen molar-refractivity contribution in [1.29, 1.82) is 0 Å². The number of benzene rings is 2. The standard InChI is InChI=1S/C25H34N2O4S/c1-5-6-13-30-21-9-7-8-20(16-21)24(28)27-25(32)26-17-19-10-11-22(23(15-19)29-4)31-14-12-18(2)3/h7-11,15-16,18H,5-6,12-14,17H2,1-4H3,(H2,26,27,28,32). The summed E-state index contributed by atoms with van der Waals surface area (Å²) in [7, 11) is 1.62. The van der Waals surface area contributed by atoms with Gasteiger partial charge in [-0.1, -0.05) is 39.3 Å².